The molecule has 0 aliphatic heterocycles. The standard InChI is InChI=1S/C24H18Br2N4O3/c1-14-5-2-3-8-19(14)28-22(31)21-12-15-11-17(26)9-10-20(15)30(21)29-24(33)23(32)27-18-7-4-6-16(25)13-18/h2-13H,1H3,(H,27,32)(H,28,31)(H,29,33). The van der Waals surface area contributed by atoms with E-state index >= 15 is 0 Å². The molecule has 0 radical (unpaired) electrons. The first-order valence-electron chi connectivity index (χ1n) is 9.88. The lowest BCUT2D eigenvalue weighted by atomic mass is 10.2. The Balaban J connectivity index is 1.64. The molecule has 0 atom stereocenters. The van der Waals surface area contributed by atoms with Gasteiger partial charge >= 0.3 is 11.8 Å². The highest BCUT2D eigenvalue weighted by Gasteiger charge is 2.21. The third-order valence-electron chi connectivity index (χ3n) is 4.89. The third-order valence-corrected chi connectivity index (χ3v) is 5.88. The third kappa shape index (κ3) is 5.15. The molecule has 0 bridgehead atoms. The molecule has 3 aromatic carbocycles. The Morgan fingerprint density at radius 2 is 1.55 bits per heavy atom. The fourth-order valence-corrected chi connectivity index (χ4v) is 4.06. The van der Waals surface area contributed by atoms with Crippen molar-refractivity contribution in [2.24, 2.45) is 0 Å². The minimum atomic E-state index is -0.916. The van der Waals surface area contributed by atoms with Gasteiger partial charge in [-0.25, -0.2) is 4.68 Å². The van der Waals surface area contributed by atoms with Gasteiger partial charge in [0.25, 0.3) is 5.91 Å². The molecule has 0 fully saturated rings. The Hall–Kier alpha value is -3.43. The van der Waals surface area contributed by atoms with E-state index in [9.17, 15) is 14.4 Å². The molecule has 7 nitrogen and oxygen atoms in total. The second-order valence-electron chi connectivity index (χ2n) is 7.24. The summed E-state index contributed by atoms with van der Waals surface area (Å²) in [5, 5.41) is 6.12. The topological polar surface area (TPSA) is 92.2 Å². The molecule has 4 aromatic rings. The Morgan fingerprint density at radius 3 is 2.30 bits per heavy atom. The number of nitrogens with one attached hydrogen (secondary N) is 3. The number of aromatic nitrogens is 1. The number of benzene rings is 3. The summed E-state index contributed by atoms with van der Waals surface area (Å²) >= 11 is 6.74. The molecule has 4 rings (SSSR count). The van der Waals surface area contributed by atoms with Crippen LogP contribution in [0.2, 0.25) is 0 Å². The molecule has 1 heterocycles. The molecule has 1 aromatic heterocycles. The number of fused-ring (bicyclic) bond motifs is 1. The van der Waals surface area contributed by atoms with Crippen molar-refractivity contribution in [3.05, 3.63) is 93.0 Å². The van der Waals surface area contributed by atoms with Crippen molar-refractivity contribution < 1.29 is 14.4 Å². The zero-order valence-electron chi connectivity index (χ0n) is 17.4. The Labute approximate surface area is 206 Å². The van der Waals surface area contributed by atoms with Crippen molar-refractivity contribution in [2.75, 3.05) is 16.1 Å². The van der Waals surface area contributed by atoms with E-state index in [1.807, 2.05) is 31.2 Å². The number of nitrogens with zero attached hydrogens (tertiary/aromatic N) is 1. The van der Waals surface area contributed by atoms with E-state index in [2.05, 4.69) is 47.9 Å². The van der Waals surface area contributed by atoms with Crippen molar-refractivity contribution in [1.82, 2.24) is 4.68 Å². The summed E-state index contributed by atoms with van der Waals surface area (Å²) in [7, 11) is 0. The number of hydrogen-bond donors (Lipinski definition) is 3. The highest BCUT2D eigenvalue weighted by molar-refractivity contribution is 9.10. The van der Waals surface area contributed by atoms with Crippen LogP contribution in [0.3, 0.4) is 0 Å². The smallest absolute Gasteiger partial charge is 0.320 e. The Kier molecular flexibility index (Phi) is 6.62. The molecule has 0 aliphatic rings. The highest BCUT2D eigenvalue weighted by Crippen LogP contribution is 2.24. The largest absolute Gasteiger partial charge is 0.328 e. The molecule has 0 saturated heterocycles. The zero-order valence-corrected chi connectivity index (χ0v) is 20.5. The summed E-state index contributed by atoms with van der Waals surface area (Å²) in [5.74, 6) is -2.21. The van der Waals surface area contributed by atoms with Crippen molar-refractivity contribution in [3.8, 4) is 0 Å². The van der Waals surface area contributed by atoms with Gasteiger partial charge in [-0.05, 0) is 61.0 Å². The van der Waals surface area contributed by atoms with Gasteiger partial charge in [-0.3, -0.25) is 19.8 Å². The van der Waals surface area contributed by atoms with Gasteiger partial charge in [0, 0.05) is 25.7 Å². The maximum absolute atomic E-state index is 13.1. The molecular formula is C24H18Br2N4O3. The van der Waals surface area contributed by atoms with Crippen LogP contribution < -0.4 is 16.1 Å². The van der Waals surface area contributed by atoms with Crippen LogP contribution in [0.5, 0.6) is 0 Å². The summed E-state index contributed by atoms with van der Waals surface area (Å²) in [4.78, 5) is 38.3. The van der Waals surface area contributed by atoms with Crippen LogP contribution in [0.25, 0.3) is 10.9 Å². The predicted octanol–water partition coefficient (Wildman–Crippen LogP) is 5.44. The minimum absolute atomic E-state index is 0.176. The normalized spacial score (nSPS) is 10.6. The number of aryl methyl sites for hydroxylation is 1. The van der Waals surface area contributed by atoms with Crippen LogP contribution >= 0.6 is 31.9 Å². The molecule has 33 heavy (non-hydrogen) atoms. The van der Waals surface area contributed by atoms with Crippen LogP contribution in [0.4, 0.5) is 11.4 Å². The fourth-order valence-electron chi connectivity index (χ4n) is 3.28. The monoisotopic (exact) mass is 568 g/mol. The fraction of sp³-hybridized carbons (Fsp3) is 0.0417. The first-order chi connectivity index (χ1) is 15.8. The van der Waals surface area contributed by atoms with E-state index in [1.54, 1.807) is 48.5 Å². The average molecular weight is 570 g/mol. The number of amides is 3. The number of carbonyl (C=O) groups excluding carboxylic acids is 3. The number of carbonyl (C=O) groups is 3. The zero-order chi connectivity index (χ0) is 23.5. The number of anilines is 2. The maximum Gasteiger partial charge on any atom is 0.328 e. The number of rotatable bonds is 4. The van der Waals surface area contributed by atoms with E-state index < -0.39 is 17.7 Å². The van der Waals surface area contributed by atoms with Crippen molar-refractivity contribution in [1.29, 1.82) is 0 Å². The second-order valence-corrected chi connectivity index (χ2v) is 9.07. The Morgan fingerprint density at radius 1 is 0.788 bits per heavy atom. The summed E-state index contributed by atoms with van der Waals surface area (Å²) in [6, 6.07) is 21.3. The quantitative estimate of drug-likeness (QED) is 0.286. The molecule has 0 saturated carbocycles. The lowest BCUT2D eigenvalue weighted by Gasteiger charge is -2.13. The molecule has 166 valence electrons. The van der Waals surface area contributed by atoms with Crippen molar-refractivity contribution in [3.63, 3.8) is 0 Å². The van der Waals surface area contributed by atoms with Gasteiger partial charge in [0.15, 0.2) is 0 Å². The summed E-state index contributed by atoms with van der Waals surface area (Å²) in [6.07, 6.45) is 0. The molecular weight excluding hydrogens is 552 g/mol. The minimum Gasteiger partial charge on any atom is -0.320 e. The first kappa shape index (κ1) is 22.8. The van der Waals surface area contributed by atoms with E-state index in [1.165, 1.54) is 4.68 Å². The SMILES string of the molecule is Cc1ccccc1NC(=O)c1cc2cc(Br)ccc2n1NC(=O)C(=O)Nc1cccc(Br)c1. The number of halogens is 2. The average Bonchev–Trinajstić information content (AvgIpc) is 3.12. The van der Waals surface area contributed by atoms with Gasteiger partial charge < -0.3 is 10.6 Å². The van der Waals surface area contributed by atoms with Crippen LogP contribution in [0.15, 0.2) is 81.7 Å². The molecule has 0 aliphatic carbocycles. The maximum atomic E-state index is 13.1. The van der Waals surface area contributed by atoms with Gasteiger partial charge in [0.1, 0.15) is 5.69 Å². The lowest BCUT2D eigenvalue weighted by molar-refractivity contribution is -0.133. The van der Waals surface area contributed by atoms with E-state index in [-0.39, 0.29) is 5.69 Å². The van der Waals surface area contributed by atoms with Gasteiger partial charge in [-0.15, -0.1) is 0 Å². The van der Waals surface area contributed by atoms with Gasteiger partial charge in [-0.2, -0.15) is 0 Å². The van der Waals surface area contributed by atoms with Crippen LogP contribution in [-0.4, -0.2) is 22.4 Å². The summed E-state index contributed by atoms with van der Waals surface area (Å²) in [6.45, 7) is 1.89. The van der Waals surface area contributed by atoms with Crippen LogP contribution in [0.1, 0.15) is 16.1 Å². The molecule has 3 N–H and O–H groups in total. The van der Waals surface area contributed by atoms with Crippen molar-refractivity contribution >= 4 is 71.9 Å². The second kappa shape index (κ2) is 9.60. The van der Waals surface area contributed by atoms with Gasteiger partial charge in [-0.1, -0.05) is 56.1 Å². The molecule has 0 unspecified atom stereocenters. The summed E-state index contributed by atoms with van der Waals surface area (Å²) in [5.41, 5.74) is 5.30. The van der Waals surface area contributed by atoms with E-state index in [0.717, 1.165) is 14.5 Å². The molecule has 3 amide bonds. The van der Waals surface area contributed by atoms with Crippen LogP contribution in [-0.2, 0) is 9.59 Å². The van der Waals surface area contributed by atoms with Crippen molar-refractivity contribution in [2.45, 2.75) is 6.92 Å². The molecule has 0 spiro atoms. The highest BCUT2D eigenvalue weighted by atomic mass is 79.9. The predicted molar refractivity (Wildman–Crippen MR) is 136 cm³/mol. The van der Waals surface area contributed by atoms with Gasteiger partial charge in [0.05, 0.1) is 5.52 Å². The number of hydrogen-bond acceptors (Lipinski definition) is 3. The lowest BCUT2D eigenvalue weighted by Crippen LogP contribution is -2.36. The van der Waals surface area contributed by atoms with Crippen LogP contribution in [0, 0.1) is 6.92 Å². The number of para-hydroxylation sites is 1. The summed E-state index contributed by atoms with van der Waals surface area (Å²) < 4.78 is 2.90. The van der Waals surface area contributed by atoms with Gasteiger partial charge in [0.2, 0.25) is 0 Å². The Bertz CT molecular complexity index is 1400. The molecule has 9 heteroatoms. The van der Waals surface area contributed by atoms with E-state index in [4.69, 9.17) is 0 Å². The van der Waals surface area contributed by atoms with E-state index in [0.29, 0.717) is 22.3 Å². The first-order valence-corrected chi connectivity index (χ1v) is 11.5.